The summed E-state index contributed by atoms with van der Waals surface area (Å²) in [5, 5.41) is 0. The number of halogens is 1. The first-order valence-electron chi connectivity index (χ1n) is 6.77. The van der Waals surface area contributed by atoms with Crippen LogP contribution in [0.4, 0.5) is 10.1 Å². The third-order valence-corrected chi connectivity index (χ3v) is 5.02. The summed E-state index contributed by atoms with van der Waals surface area (Å²) in [5.41, 5.74) is 0.595. The van der Waals surface area contributed by atoms with Gasteiger partial charge in [0, 0.05) is 25.8 Å². The summed E-state index contributed by atoms with van der Waals surface area (Å²) in [6.07, 6.45) is 2.49. The van der Waals surface area contributed by atoms with Crippen LogP contribution >= 0.6 is 0 Å². The molecule has 0 aliphatic carbocycles. The Morgan fingerprint density at radius 1 is 1.33 bits per heavy atom. The molecule has 1 aliphatic rings. The largest absolute Gasteiger partial charge is 0.315 e. The van der Waals surface area contributed by atoms with Crippen molar-refractivity contribution < 1.29 is 17.6 Å². The van der Waals surface area contributed by atoms with Crippen LogP contribution in [0.25, 0.3) is 0 Å². The molecule has 5 nitrogen and oxygen atoms in total. The van der Waals surface area contributed by atoms with Gasteiger partial charge in [0.2, 0.25) is 15.9 Å². The van der Waals surface area contributed by atoms with Crippen LogP contribution in [0.3, 0.4) is 0 Å². The third kappa shape index (κ3) is 3.79. The predicted octanol–water partition coefficient (Wildman–Crippen LogP) is 1.46. The van der Waals surface area contributed by atoms with E-state index in [4.69, 9.17) is 0 Å². The van der Waals surface area contributed by atoms with Gasteiger partial charge in [0.05, 0.1) is 12.2 Å². The lowest BCUT2D eigenvalue weighted by Gasteiger charge is -2.32. The van der Waals surface area contributed by atoms with Crippen LogP contribution in [0.15, 0.2) is 24.3 Å². The fourth-order valence-electron chi connectivity index (χ4n) is 2.51. The van der Waals surface area contributed by atoms with E-state index in [-0.39, 0.29) is 24.2 Å². The fourth-order valence-corrected chi connectivity index (χ4v) is 3.42. The summed E-state index contributed by atoms with van der Waals surface area (Å²) < 4.78 is 37.4. The predicted molar refractivity (Wildman–Crippen MR) is 79.0 cm³/mol. The van der Waals surface area contributed by atoms with E-state index in [1.54, 1.807) is 7.05 Å². The number of anilines is 1. The normalized spacial score (nSPS) is 20.2. The summed E-state index contributed by atoms with van der Waals surface area (Å²) in [7, 11) is -1.66. The van der Waals surface area contributed by atoms with E-state index in [0.29, 0.717) is 25.1 Å². The Bertz CT molecular complexity index is 616. The Morgan fingerprint density at radius 3 is 2.52 bits per heavy atom. The summed E-state index contributed by atoms with van der Waals surface area (Å²) in [5.74, 6) is -0.862. The van der Waals surface area contributed by atoms with Crippen molar-refractivity contribution in [3.05, 3.63) is 30.1 Å². The quantitative estimate of drug-likeness (QED) is 0.849. The first-order chi connectivity index (χ1) is 9.79. The number of carbonyl (C=O) groups excluding carboxylic acids is 1. The van der Waals surface area contributed by atoms with E-state index in [1.807, 2.05) is 0 Å². The van der Waals surface area contributed by atoms with Crippen molar-refractivity contribution in [1.82, 2.24) is 4.31 Å². The maximum atomic E-state index is 12.9. The fraction of sp³-hybridized carbons (Fsp3) is 0.500. The number of sulfonamides is 1. The Hall–Kier alpha value is -1.47. The highest BCUT2D eigenvalue weighted by Crippen LogP contribution is 2.23. The highest BCUT2D eigenvalue weighted by molar-refractivity contribution is 7.88. The first kappa shape index (κ1) is 15.9. The molecule has 0 N–H and O–H groups in total. The standard InChI is InChI=1S/C14H19FN2O3S/c1-16(13-7-5-12(15)6-8-13)14(18)11-4-3-9-17(10-11)21(2,19)20/h5-8,11H,3-4,9-10H2,1-2H3. The third-order valence-electron chi connectivity index (χ3n) is 3.75. The molecule has 0 radical (unpaired) electrons. The van der Waals surface area contributed by atoms with E-state index in [9.17, 15) is 17.6 Å². The second-order valence-corrected chi connectivity index (χ2v) is 7.32. The highest BCUT2D eigenvalue weighted by Gasteiger charge is 2.32. The van der Waals surface area contributed by atoms with Gasteiger partial charge in [-0.25, -0.2) is 17.1 Å². The molecule has 116 valence electrons. The molecule has 1 atom stereocenters. The van der Waals surface area contributed by atoms with Crippen molar-refractivity contribution in [2.45, 2.75) is 12.8 Å². The van der Waals surface area contributed by atoms with Gasteiger partial charge in [0.25, 0.3) is 0 Å². The van der Waals surface area contributed by atoms with Gasteiger partial charge in [-0.15, -0.1) is 0 Å². The number of hydrogen-bond donors (Lipinski definition) is 0. The van der Waals surface area contributed by atoms with E-state index >= 15 is 0 Å². The van der Waals surface area contributed by atoms with Crippen molar-refractivity contribution in [2.24, 2.45) is 5.92 Å². The molecule has 7 heteroatoms. The minimum Gasteiger partial charge on any atom is -0.315 e. The van der Waals surface area contributed by atoms with Crippen LogP contribution in [-0.4, -0.2) is 45.0 Å². The number of hydrogen-bond acceptors (Lipinski definition) is 3. The molecule has 21 heavy (non-hydrogen) atoms. The van der Waals surface area contributed by atoms with Crippen LogP contribution in [0.1, 0.15) is 12.8 Å². The van der Waals surface area contributed by atoms with Gasteiger partial charge >= 0.3 is 0 Å². The van der Waals surface area contributed by atoms with Crippen LogP contribution in [0.2, 0.25) is 0 Å². The van der Waals surface area contributed by atoms with Gasteiger partial charge in [-0.3, -0.25) is 4.79 Å². The van der Waals surface area contributed by atoms with Crippen molar-refractivity contribution in [1.29, 1.82) is 0 Å². The molecular weight excluding hydrogens is 295 g/mol. The topological polar surface area (TPSA) is 57.7 Å². The molecule has 0 bridgehead atoms. The van der Waals surface area contributed by atoms with Gasteiger partial charge in [-0.05, 0) is 37.1 Å². The minimum atomic E-state index is -3.28. The van der Waals surface area contributed by atoms with Gasteiger partial charge in [0.1, 0.15) is 5.82 Å². The van der Waals surface area contributed by atoms with Crippen molar-refractivity contribution in [3.63, 3.8) is 0 Å². The van der Waals surface area contributed by atoms with Crippen molar-refractivity contribution in [3.8, 4) is 0 Å². The first-order valence-corrected chi connectivity index (χ1v) is 8.62. The monoisotopic (exact) mass is 314 g/mol. The van der Waals surface area contributed by atoms with Gasteiger partial charge < -0.3 is 4.90 Å². The molecule has 1 unspecified atom stereocenters. The van der Waals surface area contributed by atoms with E-state index in [1.165, 1.54) is 33.5 Å². The molecule has 1 heterocycles. The lowest BCUT2D eigenvalue weighted by atomic mass is 9.98. The molecule has 1 saturated heterocycles. The Kier molecular flexibility index (Phi) is 4.63. The number of carbonyl (C=O) groups is 1. The van der Waals surface area contributed by atoms with Crippen LogP contribution in [0, 0.1) is 11.7 Å². The molecule has 1 fully saturated rings. The molecule has 2 rings (SSSR count). The average molecular weight is 314 g/mol. The zero-order chi connectivity index (χ0) is 15.6. The van der Waals surface area contributed by atoms with Gasteiger partial charge in [0.15, 0.2) is 0 Å². The number of nitrogens with zero attached hydrogens (tertiary/aromatic N) is 2. The Morgan fingerprint density at radius 2 is 1.95 bits per heavy atom. The van der Waals surface area contributed by atoms with Gasteiger partial charge in [-0.2, -0.15) is 0 Å². The number of benzene rings is 1. The lowest BCUT2D eigenvalue weighted by molar-refractivity contribution is -0.123. The minimum absolute atomic E-state index is 0.144. The summed E-state index contributed by atoms with van der Waals surface area (Å²) in [6.45, 7) is 0.673. The maximum Gasteiger partial charge on any atom is 0.231 e. The summed E-state index contributed by atoms with van der Waals surface area (Å²) in [6, 6.07) is 5.65. The molecule has 0 spiro atoms. The second-order valence-electron chi connectivity index (χ2n) is 5.33. The lowest BCUT2D eigenvalue weighted by Crippen LogP contribution is -2.45. The Balaban J connectivity index is 2.10. The molecule has 1 amide bonds. The van der Waals surface area contributed by atoms with Crippen LogP contribution < -0.4 is 4.90 Å². The van der Waals surface area contributed by atoms with Gasteiger partial charge in [-0.1, -0.05) is 0 Å². The molecule has 1 aliphatic heterocycles. The molecule has 0 saturated carbocycles. The molecule has 1 aromatic rings. The summed E-state index contributed by atoms with van der Waals surface area (Å²) in [4.78, 5) is 13.9. The van der Waals surface area contributed by atoms with E-state index < -0.39 is 10.0 Å². The number of rotatable bonds is 3. The van der Waals surface area contributed by atoms with Crippen LogP contribution in [0.5, 0.6) is 0 Å². The zero-order valence-electron chi connectivity index (χ0n) is 12.1. The maximum absolute atomic E-state index is 12.9. The zero-order valence-corrected chi connectivity index (χ0v) is 12.9. The SMILES string of the molecule is CN(C(=O)C1CCCN(S(C)(=O)=O)C1)c1ccc(F)cc1. The smallest absolute Gasteiger partial charge is 0.231 e. The van der Waals surface area contributed by atoms with Crippen molar-refractivity contribution in [2.75, 3.05) is 31.3 Å². The van der Waals surface area contributed by atoms with Crippen molar-refractivity contribution >= 4 is 21.6 Å². The number of amides is 1. The second kappa shape index (κ2) is 6.11. The Labute approximate surface area is 124 Å². The summed E-state index contributed by atoms with van der Waals surface area (Å²) >= 11 is 0. The van der Waals surface area contributed by atoms with E-state index in [2.05, 4.69) is 0 Å². The molecule has 1 aromatic carbocycles. The number of piperidine rings is 1. The highest BCUT2D eigenvalue weighted by atomic mass is 32.2. The average Bonchev–Trinajstić information content (AvgIpc) is 2.46. The van der Waals surface area contributed by atoms with Crippen LogP contribution in [-0.2, 0) is 14.8 Å². The molecule has 0 aromatic heterocycles. The molecular formula is C14H19FN2O3S. The van der Waals surface area contributed by atoms with E-state index in [0.717, 1.165) is 6.26 Å².